The maximum Gasteiger partial charge on any atom is 0.337 e. The molecule has 1 aliphatic rings. The summed E-state index contributed by atoms with van der Waals surface area (Å²) in [5, 5.41) is 6.66. The molecule has 174 valence electrons. The number of anilines is 2. The quantitative estimate of drug-likeness (QED) is 0.254. The Kier molecular flexibility index (Phi) is 7.12. The van der Waals surface area contributed by atoms with E-state index in [1.54, 1.807) is 24.3 Å². The van der Waals surface area contributed by atoms with Gasteiger partial charge in [-0.1, -0.05) is 24.3 Å². The zero-order valence-corrected chi connectivity index (χ0v) is 20.1. The minimum Gasteiger partial charge on any atom is -0.465 e. The Bertz CT molecular complexity index is 1220. The lowest BCUT2D eigenvalue weighted by Gasteiger charge is -2.31. The molecule has 8 nitrogen and oxygen atoms in total. The summed E-state index contributed by atoms with van der Waals surface area (Å²) < 4.78 is 4.74. The van der Waals surface area contributed by atoms with Crippen molar-refractivity contribution in [3.05, 3.63) is 82.7 Å². The van der Waals surface area contributed by atoms with Crippen molar-refractivity contribution >= 4 is 40.9 Å². The molecular formula is C25H26N6O2S. The number of nitrogens with zero attached hydrogens (tertiary/aromatic N) is 4. The van der Waals surface area contributed by atoms with Gasteiger partial charge in [0.1, 0.15) is 0 Å². The van der Waals surface area contributed by atoms with E-state index in [1.165, 1.54) is 18.2 Å². The van der Waals surface area contributed by atoms with E-state index in [2.05, 4.69) is 48.7 Å². The molecule has 0 saturated carbocycles. The molecule has 2 N–H and O–H groups in total. The van der Waals surface area contributed by atoms with E-state index in [9.17, 15) is 4.79 Å². The van der Waals surface area contributed by atoms with Gasteiger partial charge in [0.2, 0.25) is 17.0 Å². The zero-order chi connectivity index (χ0) is 24.1. The number of benzene rings is 2. The molecule has 0 atom stereocenters. The summed E-state index contributed by atoms with van der Waals surface area (Å²) in [5.74, 6) is 0.654. The molecule has 1 aliphatic heterocycles. The lowest BCUT2D eigenvalue weighted by Crippen LogP contribution is -2.41. The fourth-order valence-electron chi connectivity index (χ4n) is 3.79. The fourth-order valence-corrected chi connectivity index (χ4v) is 4.00. The van der Waals surface area contributed by atoms with E-state index in [-0.39, 0.29) is 5.11 Å². The highest BCUT2D eigenvalue weighted by Gasteiger charge is 2.21. The van der Waals surface area contributed by atoms with E-state index in [1.807, 2.05) is 26.0 Å². The molecule has 0 unspecified atom stereocenters. The van der Waals surface area contributed by atoms with Crippen LogP contribution in [-0.2, 0) is 17.7 Å². The van der Waals surface area contributed by atoms with Crippen LogP contribution in [0.25, 0.3) is 0 Å². The standard InChI is InChI=1S/C25H26N6O2S/c1-16-14-17(2)27-23(26-16)29-24(31-13-12-18-6-4-5-7-20(18)15-31)30-25(34)28-21-10-8-19(9-11-21)22(32)33-3/h4-11,14H,12-13,15H2,1-3H3,(H2,26,27,28,29,30,34). The van der Waals surface area contributed by atoms with Crippen LogP contribution in [0, 0.1) is 13.8 Å². The number of rotatable bonds is 3. The normalized spacial score (nSPS) is 13.1. The molecule has 0 bridgehead atoms. The van der Waals surface area contributed by atoms with Crippen molar-refractivity contribution in [1.29, 1.82) is 0 Å². The second-order valence-corrected chi connectivity index (χ2v) is 8.36. The first-order valence-corrected chi connectivity index (χ1v) is 11.3. The van der Waals surface area contributed by atoms with Crippen LogP contribution in [0.15, 0.2) is 59.6 Å². The molecule has 2 aromatic carbocycles. The number of aryl methyl sites for hydroxylation is 2. The SMILES string of the molecule is COC(=O)c1ccc(NC(=S)/N=C(/Nc2nc(C)cc(C)n2)N2CCc3ccccc3C2)cc1. The summed E-state index contributed by atoms with van der Waals surface area (Å²) in [5.41, 5.74) is 5.50. The molecule has 0 amide bonds. The predicted molar refractivity (Wildman–Crippen MR) is 137 cm³/mol. The third kappa shape index (κ3) is 5.74. The van der Waals surface area contributed by atoms with Gasteiger partial charge in [0.15, 0.2) is 0 Å². The Hall–Kier alpha value is -3.85. The minimum absolute atomic E-state index is 0.275. The molecule has 4 rings (SSSR count). The topological polar surface area (TPSA) is 91.7 Å². The highest BCUT2D eigenvalue weighted by atomic mass is 32.1. The molecule has 0 aliphatic carbocycles. The van der Waals surface area contributed by atoms with Crippen LogP contribution in [0.4, 0.5) is 11.6 Å². The van der Waals surface area contributed by atoms with E-state index in [0.29, 0.717) is 29.7 Å². The number of aliphatic imine (C=N–C) groups is 1. The van der Waals surface area contributed by atoms with Gasteiger partial charge in [0.25, 0.3) is 0 Å². The third-order valence-electron chi connectivity index (χ3n) is 5.40. The third-order valence-corrected chi connectivity index (χ3v) is 5.59. The summed E-state index contributed by atoms with van der Waals surface area (Å²) in [7, 11) is 1.35. The number of nitrogens with one attached hydrogen (secondary N) is 2. The number of guanidine groups is 1. The molecule has 0 spiro atoms. The lowest BCUT2D eigenvalue weighted by atomic mass is 10.0. The number of ether oxygens (including phenoxy) is 1. The highest BCUT2D eigenvalue weighted by molar-refractivity contribution is 7.80. The summed E-state index contributed by atoms with van der Waals surface area (Å²) >= 11 is 5.54. The predicted octanol–water partition coefficient (Wildman–Crippen LogP) is 4.10. The molecule has 0 saturated heterocycles. The van der Waals surface area contributed by atoms with Crippen molar-refractivity contribution in [3.63, 3.8) is 0 Å². The molecule has 2 heterocycles. The monoisotopic (exact) mass is 474 g/mol. The van der Waals surface area contributed by atoms with Gasteiger partial charge in [0.05, 0.1) is 12.7 Å². The summed E-state index contributed by atoms with van der Waals surface area (Å²) in [4.78, 5) is 27.5. The maximum absolute atomic E-state index is 11.7. The number of thiocarbonyl (C=S) groups is 1. The maximum atomic E-state index is 11.7. The number of carbonyl (C=O) groups is 1. The molecular weight excluding hydrogens is 448 g/mol. The first kappa shape index (κ1) is 23.3. The van der Waals surface area contributed by atoms with Crippen LogP contribution >= 0.6 is 12.2 Å². The van der Waals surface area contributed by atoms with Crippen LogP contribution in [0.2, 0.25) is 0 Å². The first-order valence-electron chi connectivity index (χ1n) is 10.9. The summed E-state index contributed by atoms with van der Waals surface area (Å²) in [6.07, 6.45) is 0.903. The van der Waals surface area contributed by atoms with Gasteiger partial charge in [-0.25, -0.2) is 14.8 Å². The van der Waals surface area contributed by atoms with Crippen molar-refractivity contribution in [2.45, 2.75) is 26.8 Å². The number of hydrogen-bond donors (Lipinski definition) is 2. The van der Waals surface area contributed by atoms with Crippen molar-refractivity contribution in [1.82, 2.24) is 14.9 Å². The van der Waals surface area contributed by atoms with Crippen molar-refractivity contribution in [3.8, 4) is 0 Å². The van der Waals surface area contributed by atoms with Crippen LogP contribution in [0.3, 0.4) is 0 Å². The number of methoxy groups -OCH3 is 1. The van der Waals surface area contributed by atoms with Gasteiger partial charge in [-0.15, -0.1) is 0 Å². The zero-order valence-electron chi connectivity index (χ0n) is 19.3. The first-order chi connectivity index (χ1) is 16.4. The van der Waals surface area contributed by atoms with E-state index in [4.69, 9.17) is 17.0 Å². The summed E-state index contributed by atoms with van der Waals surface area (Å²) in [6, 6.07) is 17.2. The van der Waals surface area contributed by atoms with Crippen LogP contribution in [0.1, 0.15) is 32.9 Å². The number of fused-ring (bicyclic) bond motifs is 1. The van der Waals surface area contributed by atoms with Crippen LogP contribution < -0.4 is 10.6 Å². The number of hydrogen-bond acceptors (Lipinski definition) is 5. The van der Waals surface area contributed by atoms with E-state index in [0.717, 1.165) is 24.4 Å². The average molecular weight is 475 g/mol. The minimum atomic E-state index is -0.391. The fraction of sp³-hybridized carbons (Fsp3) is 0.240. The van der Waals surface area contributed by atoms with Crippen LogP contribution in [0.5, 0.6) is 0 Å². The molecule has 3 aromatic rings. The highest BCUT2D eigenvalue weighted by Crippen LogP contribution is 2.20. The molecule has 0 fully saturated rings. The lowest BCUT2D eigenvalue weighted by molar-refractivity contribution is 0.0601. The molecule has 0 radical (unpaired) electrons. The van der Waals surface area contributed by atoms with Crippen LogP contribution in [-0.4, -0.2) is 45.6 Å². The van der Waals surface area contributed by atoms with E-state index < -0.39 is 5.97 Å². The number of carbonyl (C=O) groups excluding carboxylic acids is 1. The van der Waals surface area contributed by atoms with Gasteiger partial charge in [0, 0.05) is 30.2 Å². The smallest absolute Gasteiger partial charge is 0.337 e. The largest absolute Gasteiger partial charge is 0.465 e. The van der Waals surface area contributed by atoms with Crippen molar-refractivity contribution in [2.24, 2.45) is 4.99 Å². The van der Waals surface area contributed by atoms with Gasteiger partial charge in [-0.05, 0) is 73.9 Å². The molecule has 1 aromatic heterocycles. The van der Waals surface area contributed by atoms with Gasteiger partial charge in [-0.3, -0.25) is 5.32 Å². The van der Waals surface area contributed by atoms with Crippen molar-refractivity contribution in [2.75, 3.05) is 24.3 Å². The Morgan fingerprint density at radius 2 is 1.71 bits per heavy atom. The Morgan fingerprint density at radius 1 is 1.03 bits per heavy atom. The van der Waals surface area contributed by atoms with E-state index >= 15 is 0 Å². The van der Waals surface area contributed by atoms with Gasteiger partial charge < -0.3 is 15.0 Å². The Morgan fingerprint density at radius 3 is 2.38 bits per heavy atom. The average Bonchev–Trinajstić information content (AvgIpc) is 2.82. The Balaban J connectivity index is 1.57. The second kappa shape index (κ2) is 10.4. The molecule has 9 heteroatoms. The van der Waals surface area contributed by atoms with Crippen molar-refractivity contribution < 1.29 is 9.53 Å². The second-order valence-electron chi connectivity index (χ2n) is 7.97. The van der Waals surface area contributed by atoms with Gasteiger partial charge >= 0.3 is 5.97 Å². The number of aromatic nitrogens is 2. The Labute approximate surface area is 204 Å². The van der Waals surface area contributed by atoms with Gasteiger partial charge in [-0.2, -0.15) is 4.99 Å². The summed E-state index contributed by atoms with van der Waals surface area (Å²) in [6.45, 7) is 5.34. The molecule has 34 heavy (non-hydrogen) atoms. The number of esters is 1.